The third-order valence-electron chi connectivity index (χ3n) is 4.67. The van der Waals surface area contributed by atoms with E-state index in [1.54, 1.807) is 28.8 Å². The summed E-state index contributed by atoms with van der Waals surface area (Å²) in [6.07, 6.45) is 6.10. The molecule has 152 valence electrons. The second-order valence-corrected chi connectivity index (χ2v) is 6.94. The molecule has 1 aromatic carbocycles. The van der Waals surface area contributed by atoms with Crippen LogP contribution in [0.25, 0.3) is 11.3 Å². The molecule has 8 nitrogen and oxygen atoms in total. The fourth-order valence-corrected chi connectivity index (χ4v) is 3.21. The zero-order valence-corrected chi connectivity index (χ0v) is 16.6. The van der Waals surface area contributed by atoms with E-state index in [1.165, 1.54) is 0 Å². The van der Waals surface area contributed by atoms with E-state index in [0.717, 1.165) is 17.7 Å². The maximum atomic E-state index is 13.0. The molecule has 3 aromatic rings. The molecule has 0 bridgehead atoms. The van der Waals surface area contributed by atoms with Crippen molar-refractivity contribution in [2.24, 2.45) is 7.05 Å². The third kappa shape index (κ3) is 5.31. The quantitative estimate of drug-likeness (QED) is 0.580. The molecule has 0 saturated heterocycles. The highest BCUT2D eigenvalue weighted by Gasteiger charge is 2.22. The van der Waals surface area contributed by atoms with Gasteiger partial charge in [0.1, 0.15) is 5.69 Å². The lowest BCUT2D eigenvalue weighted by Crippen LogP contribution is -2.37. The van der Waals surface area contributed by atoms with Crippen LogP contribution in [-0.2, 0) is 24.8 Å². The number of aliphatic carboxylic acids is 1. The Balaban J connectivity index is 1.80. The molecule has 1 amide bonds. The molecule has 2 heterocycles. The molecule has 0 fully saturated rings. The zero-order chi connectivity index (χ0) is 20.8. The van der Waals surface area contributed by atoms with E-state index in [-0.39, 0.29) is 18.4 Å². The number of hydrogen-bond acceptors (Lipinski definition) is 4. The molecule has 29 heavy (non-hydrogen) atoms. The van der Waals surface area contributed by atoms with Crippen LogP contribution in [-0.4, -0.2) is 42.6 Å². The van der Waals surface area contributed by atoms with Gasteiger partial charge in [0.15, 0.2) is 0 Å². The summed E-state index contributed by atoms with van der Waals surface area (Å²) in [7, 11) is 1.76. The Morgan fingerprint density at radius 1 is 1.21 bits per heavy atom. The van der Waals surface area contributed by atoms with Crippen LogP contribution in [0.5, 0.6) is 0 Å². The Morgan fingerprint density at radius 2 is 1.97 bits per heavy atom. The predicted molar refractivity (Wildman–Crippen MR) is 108 cm³/mol. The molecule has 1 unspecified atom stereocenters. The standard InChI is InChI=1S/C21H25N5O3/c1-3-26-13-16(12-22-26)20-18(14-25(2)24-20)21(29)23-17(9-10-19(27)28)11-15-7-5-4-6-8-15/h4-8,12-14,17H,3,9-11H2,1-2H3,(H,23,29)(H,27,28). The van der Waals surface area contributed by atoms with Crippen LogP contribution in [0.1, 0.15) is 35.7 Å². The predicted octanol–water partition coefficient (Wildman–Crippen LogP) is 2.51. The molecule has 0 spiro atoms. The average molecular weight is 395 g/mol. The number of carbonyl (C=O) groups excluding carboxylic acids is 1. The van der Waals surface area contributed by atoms with Gasteiger partial charge in [-0.25, -0.2) is 0 Å². The Morgan fingerprint density at radius 3 is 2.62 bits per heavy atom. The van der Waals surface area contributed by atoms with Gasteiger partial charge in [-0.1, -0.05) is 30.3 Å². The van der Waals surface area contributed by atoms with E-state index in [2.05, 4.69) is 15.5 Å². The van der Waals surface area contributed by atoms with Gasteiger partial charge in [-0.05, 0) is 25.3 Å². The van der Waals surface area contributed by atoms with Gasteiger partial charge in [-0.3, -0.25) is 19.0 Å². The minimum atomic E-state index is -0.883. The second kappa shape index (κ2) is 9.18. The van der Waals surface area contributed by atoms with Crippen molar-refractivity contribution in [2.45, 2.75) is 38.8 Å². The van der Waals surface area contributed by atoms with E-state index in [4.69, 9.17) is 5.11 Å². The number of nitrogens with zero attached hydrogens (tertiary/aromatic N) is 4. The van der Waals surface area contributed by atoms with Crippen molar-refractivity contribution in [3.63, 3.8) is 0 Å². The van der Waals surface area contributed by atoms with Gasteiger partial charge in [0.05, 0.1) is 11.8 Å². The molecular weight excluding hydrogens is 370 g/mol. The largest absolute Gasteiger partial charge is 0.481 e. The summed E-state index contributed by atoms with van der Waals surface area (Å²) in [5, 5.41) is 20.7. The fourth-order valence-electron chi connectivity index (χ4n) is 3.21. The van der Waals surface area contributed by atoms with Crippen LogP contribution in [0.2, 0.25) is 0 Å². The first-order valence-corrected chi connectivity index (χ1v) is 9.59. The van der Waals surface area contributed by atoms with E-state index < -0.39 is 5.97 Å². The van der Waals surface area contributed by atoms with Crippen LogP contribution in [0.4, 0.5) is 0 Å². The van der Waals surface area contributed by atoms with Gasteiger partial charge in [-0.2, -0.15) is 10.2 Å². The van der Waals surface area contributed by atoms with E-state index in [1.807, 2.05) is 43.5 Å². The molecule has 0 aliphatic carbocycles. The monoisotopic (exact) mass is 395 g/mol. The Labute approximate surface area is 169 Å². The molecule has 0 aliphatic rings. The summed E-state index contributed by atoms with van der Waals surface area (Å²) >= 11 is 0. The number of carbonyl (C=O) groups is 2. The van der Waals surface area contributed by atoms with Gasteiger partial charge in [0, 0.05) is 44.0 Å². The first-order chi connectivity index (χ1) is 14.0. The molecule has 0 aliphatic heterocycles. The van der Waals surface area contributed by atoms with Crippen molar-refractivity contribution in [2.75, 3.05) is 0 Å². The van der Waals surface area contributed by atoms with Crippen molar-refractivity contribution in [1.82, 2.24) is 24.9 Å². The summed E-state index contributed by atoms with van der Waals surface area (Å²) in [5.41, 5.74) is 2.81. The van der Waals surface area contributed by atoms with Crippen LogP contribution in [0.15, 0.2) is 48.9 Å². The summed E-state index contributed by atoms with van der Waals surface area (Å²) in [4.78, 5) is 24.1. The molecule has 1 atom stereocenters. The highest BCUT2D eigenvalue weighted by molar-refractivity contribution is 5.99. The molecule has 0 saturated carbocycles. The highest BCUT2D eigenvalue weighted by Crippen LogP contribution is 2.22. The zero-order valence-electron chi connectivity index (χ0n) is 16.6. The average Bonchev–Trinajstić information content (AvgIpc) is 3.33. The lowest BCUT2D eigenvalue weighted by atomic mass is 10.0. The van der Waals surface area contributed by atoms with E-state index in [0.29, 0.717) is 24.1 Å². The van der Waals surface area contributed by atoms with Crippen molar-refractivity contribution in [3.05, 3.63) is 60.0 Å². The first kappa shape index (κ1) is 20.3. The van der Waals surface area contributed by atoms with Crippen LogP contribution >= 0.6 is 0 Å². The summed E-state index contributed by atoms with van der Waals surface area (Å²) in [6, 6.07) is 9.41. The number of carboxylic acid groups (broad SMARTS) is 1. The number of amides is 1. The number of nitrogens with one attached hydrogen (secondary N) is 1. The van der Waals surface area contributed by atoms with Gasteiger partial charge < -0.3 is 10.4 Å². The molecule has 2 N–H and O–H groups in total. The van der Waals surface area contributed by atoms with Crippen molar-refractivity contribution >= 4 is 11.9 Å². The number of benzene rings is 1. The van der Waals surface area contributed by atoms with Gasteiger partial charge in [0.25, 0.3) is 5.91 Å². The first-order valence-electron chi connectivity index (χ1n) is 9.59. The molecule has 3 rings (SSSR count). The van der Waals surface area contributed by atoms with Crippen molar-refractivity contribution in [3.8, 4) is 11.3 Å². The molecule has 8 heteroatoms. The molecule has 0 radical (unpaired) electrons. The smallest absolute Gasteiger partial charge is 0.303 e. The second-order valence-electron chi connectivity index (χ2n) is 6.94. The number of aryl methyl sites for hydroxylation is 2. The number of rotatable bonds is 9. The lowest BCUT2D eigenvalue weighted by molar-refractivity contribution is -0.137. The third-order valence-corrected chi connectivity index (χ3v) is 4.67. The minimum absolute atomic E-state index is 0.0129. The Hall–Kier alpha value is -3.42. The summed E-state index contributed by atoms with van der Waals surface area (Å²) in [6.45, 7) is 2.71. The Kier molecular flexibility index (Phi) is 6.43. The highest BCUT2D eigenvalue weighted by atomic mass is 16.4. The Bertz CT molecular complexity index is 977. The maximum absolute atomic E-state index is 13.0. The van der Waals surface area contributed by atoms with Gasteiger partial charge in [0.2, 0.25) is 0 Å². The molecule has 2 aromatic heterocycles. The fraction of sp³-hybridized carbons (Fsp3) is 0.333. The SMILES string of the molecule is CCn1cc(-c2nn(C)cc2C(=O)NC(CCC(=O)O)Cc2ccccc2)cn1. The van der Waals surface area contributed by atoms with E-state index in [9.17, 15) is 9.59 Å². The van der Waals surface area contributed by atoms with Crippen LogP contribution < -0.4 is 5.32 Å². The number of carboxylic acids is 1. The summed E-state index contributed by atoms with van der Waals surface area (Å²) in [5.74, 6) is -1.16. The number of hydrogen-bond donors (Lipinski definition) is 2. The van der Waals surface area contributed by atoms with Gasteiger partial charge in [-0.15, -0.1) is 0 Å². The lowest BCUT2D eigenvalue weighted by Gasteiger charge is -2.18. The normalized spacial score (nSPS) is 11.9. The van der Waals surface area contributed by atoms with Crippen molar-refractivity contribution in [1.29, 1.82) is 0 Å². The summed E-state index contributed by atoms with van der Waals surface area (Å²) < 4.78 is 3.37. The molecular formula is C21H25N5O3. The van der Waals surface area contributed by atoms with Gasteiger partial charge >= 0.3 is 5.97 Å². The number of aromatic nitrogens is 4. The maximum Gasteiger partial charge on any atom is 0.303 e. The van der Waals surface area contributed by atoms with Crippen LogP contribution in [0.3, 0.4) is 0 Å². The van der Waals surface area contributed by atoms with Crippen LogP contribution in [0, 0.1) is 0 Å². The van der Waals surface area contributed by atoms with Crippen molar-refractivity contribution < 1.29 is 14.7 Å². The minimum Gasteiger partial charge on any atom is -0.481 e. The van der Waals surface area contributed by atoms with E-state index >= 15 is 0 Å². The topological polar surface area (TPSA) is 102 Å².